The number of rotatable bonds is 12. The monoisotopic (exact) mass is 322 g/mol. The summed E-state index contributed by atoms with van der Waals surface area (Å²) < 4.78 is 15.2. The summed E-state index contributed by atoms with van der Waals surface area (Å²) in [6, 6.07) is 0. The molecular weight excluding hydrogens is 295 g/mol. The Bertz CT molecular complexity index is 389. The van der Waals surface area contributed by atoms with Gasteiger partial charge in [-0.3, -0.25) is 4.79 Å². The first kappa shape index (κ1) is 20.5. The molecule has 1 unspecified atom stereocenters. The lowest BCUT2D eigenvalue weighted by Crippen LogP contribution is -2.41. The van der Waals surface area contributed by atoms with E-state index in [2.05, 4.69) is 18.0 Å². The average molecular weight is 322 g/mol. The number of phosphoric ester groups is 1. The first-order chi connectivity index (χ1) is 9.62. The molecule has 7 heteroatoms. The molecule has 0 saturated carbocycles. The minimum atomic E-state index is -4.96. The van der Waals surface area contributed by atoms with Gasteiger partial charge in [-0.25, -0.2) is 9.09 Å². The Labute approximate surface area is 126 Å². The number of hydrogen-bond acceptors (Lipinski definition) is 4. The van der Waals surface area contributed by atoms with Crippen LogP contribution in [0.5, 0.6) is 0 Å². The lowest BCUT2D eigenvalue weighted by molar-refractivity contribution is -0.175. The molecule has 124 valence electrons. The van der Waals surface area contributed by atoms with Crippen LogP contribution in [0.15, 0.2) is 12.2 Å². The van der Waals surface area contributed by atoms with Crippen LogP contribution in [0, 0.1) is 0 Å². The zero-order valence-corrected chi connectivity index (χ0v) is 13.8. The van der Waals surface area contributed by atoms with Gasteiger partial charge in [0.15, 0.2) is 0 Å². The van der Waals surface area contributed by atoms with Gasteiger partial charge < -0.3 is 14.9 Å². The predicted molar refractivity (Wildman–Crippen MR) is 80.5 cm³/mol. The smallest absolute Gasteiger partial charge is 0.359 e. The summed E-state index contributed by atoms with van der Waals surface area (Å²) in [5.41, 5.74) is -0.00565. The number of aliphatic hydroxyl groups is 1. The second-order valence-electron chi connectivity index (χ2n) is 5.35. The van der Waals surface area contributed by atoms with Crippen molar-refractivity contribution in [1.29, 1.82) is 0 Å². The van der Waals surface area contributed by atoms with Crippen molar-refractivity contribution in [2.45, 2.75) is 71.0 Å². The highest BCUT2D eigenvalue weighted by atomic mass is 31.2. The van der Waals surface area contributed by atoms with Gasteiger partial charge in [-0.15, -0.1) is 0 Å². The number of carbonyl (C=O) groups excluding carboxylic acids is 1. The zero-order chi connectivity index (χ0) is 16.5. The van der Waals surface area contributed by atoms with E-state index in [1.807, 2.05) is 0 Å². The normalized spacial score (nSPS) is 14.7. The molecular formula is C14H27O6P. The molecule has 1 atom stereocenters. The van der Waals surface area contributed by atoms with Gasteiger partial charge in [-0.1, -0.05) is 52.0 Å². The number of unbranched alkanes of at least 4 members (excludes halogenated alkanes) is 6. The average Bonchev–Trinajstić information content (AvgIpc) is 2.34. The van der Waals surface area contributed by atoms with Crippen molar-refractivity contribution >= 4 is 13.6 Å². The fourth-order valence-corrected chi connectivity index (χ4v) is 2.62. The Morgan fingerprint density at radius 2 is 1.62 bits per heavy atom. The van der Waals surface area contributed by atoms with Crippen molar-refractivity contribution in [3.63, 3.8) is 0 Å². The Morgan fingerprint density at radius 1 is 1.14 bits per heavy atom. The summed E-state index contributed by atoms with van der Waals surface area (Å²) in [5, 5.41) is 10.1. The van der Waals surface area contributed by atoms with Crippen LogP contribution in [0.4, 0.5) is 0 Å². The van der Waals surface area contributed by atoms with Gasteiger partial charge in [0.1, 0.15) is 0 Å². The van der Waals surface area contributed by atoms with Gasteiger partial charge >= 0.3 is 7.82 Å². The number of hydrogen-bond donors (Lipinski definition) is 3. The molecule has 0 aromatic heterocycles. The molecule has 0 amide bonds. The number of phosphoric acid groups is 1. The maximum absolute atomic E-state index is 11.8. The lowest BCUT2D eigenvalue weighted by atomic mass is 9.99. The molecule has 0 saturated heterocycles. The molecule has 0 spiro atoms. The second kappa shape index (κ2) is 9.49. The van der Waals surface area contributed by atoms with Crippen LogP contribution >= 0.6 is 7.82 Å². The van der Waals surface area contributed by atoms with Crippen LogP contribution in [-0.2, 0) is 13.9 Å². The van der Waals surface area contributed by atoms with Crippen LogP contribution in [0.2, 0.25) is 0 Å². The molecule has 21 heavy (non-hydrogen) atoms. The largest absolute Gasteiger partial charge is 0.472 e. The van der Waals surface area contributed by atoms with Crippen molar-refractivity contribution < 1.29 is 28.8 Å². The van der Waals surface area contributed by atoms with E-state index in [0.717, 1.165) is 32.1 Å². The Balaban J connectivity index is 4.40. The Kier molecular flexibility index (Phi) is 9.25. The fourth-order valence-electron chi connectivity index (χ4n) is 2.05. The van der Waals surface area contributed by atoms with Crippen LogP contribution < -0.4 is 0 Å². The van der Waals surface area contributed by atoms with Gasteiger partial charge in [-0.05, 0) is 18.9 Å². The quantitative estimate of drug-likeness (QED) is 0.221. The van der Waals surface area contributed by atoms with E-state index in [0.29, 0.717) is 6.42 Å². The van der Waals surface area contributed by atoms with E-state index in [4.69, 9.17) is 9.79 Å². The third-order valence-corrected chi connectivity index (χ3v) is 3.67. The van der Waals surface area contributed by atoms with Gasteiger partial charge in [0.05, 0.1) is 0 Å². The molecule has 0 aliphatic rings. The van der Waals surface area contributed by atoms with Crippen LogP contribution in [0.3, 0.4) is 0 Å². The molecule has 0 heterocycles. The molecule has 0 aliphatic heterocycles. The molecule has 0 rings (SSSR count). The molecule has 0 aromatic carbocycles. The summed E-state index contributed by atoms with van der Waals surface area (Å²) in [5.74, 6) is -3.38. The SMILES string of the molecule is C=C(C)C(=O)C(O)(CCCCCCCCC)OP(=O)(O)O. The van der Waals surface area contributed by atoms with Gasteiger partial charge in [-0.2, -0.15) is 0 Å². The maximum atomic E-state index is 11.8. The van der Waals surface area contributed by atoms with E-state index in [1.165, 1.54) is 13.3 Å². The highest BCUT2D eigenvalue weighted by molar-refractivity contribution is 7.46. The Morgan fingerprint density at radius 3 is 2.05 bits per heavy atom. The summed E-state index contributed by atoms with van der Waals surface area (Å²) in [7, 11) is -4.96. The minimum absolute atomic E-state index is 0.00565. The fraction of sp³-hybridized carbons (Fsp3) is 0.786. The van der Waals surface area contributed by atoms with Crippen LogP contribution in [0.25, 0.3) is 0 Å². The van der Waals surface area contributed by atoms with E-state index in [-0.39, 0.29) is 12.0 Å². The van der Waals surface area contributed by atoms with E-state index >= 15 is 0 Å². The zero-order valence-electron chi connectivity index (χ0n) is 12.9. The van der Waals surface area contributed by atoms with Crippen LogP contribution in [-0.4, -0.2) is 26.5 Å². The highest BCUT2D eigenvalue weighted by Crippen LogP contribution is 2.43. The molecule has 0 bridgehead atoms. The van der Waals surface area contributed by atoms with Gasteiger partial charge in [0, 0.05) is 6.42 Å². The van der Waals surface area contributed by atoms with E-state index < -0.39 is 19.4 Å². The maximum Gasteiger partial charge on any atom is 0.472 e. The summed E-state index contributed by atoms with van der Waals surface area (Å²) in [6.45, 7) is 6.88. The van der Waals surface area contributed by atoms with Crippen molar-refractivity contribution in [3.8, 4) is 0 Å². The second-order valence-corrected chi connectivity index (χ2v) is 6.51. The van der Waals surface area contributed by atoms with Crippen molar-refractivity contribution in [2.75, 3.05) is 0 Å². The van der Waals surface area contributed by atoms with Gasteiger partial charge in [0.25, 0.3) is 0 Å². The molecule has 0 aromatic rings. The number of Topliss-reactive ketones (excluding diaryl/α,β-unsaturated/α-hetero) is 1. The Hall–Kier alpha value is -0.520. The molecule has 6 nitrogen and oxygen atoms in total. The first-order valence-electron chi connectivity index (χ1n) is 7.31. The molecule has 0 aliphatic carbocycles. The summed E-state index contributed by atoms with van der Waals surface area (Å²) in [6.07, 6.45) is 6.55. The van der Waals surface area contributed by atoms with Gasteiger partial charge in [0.2, 0.25) is 11.6 Å². The van der Waals surface area contributed by atoms with E-state index in [1.54, 1.807) is 0 Å². The summed E-state index contributed by atoms with van der Waals surface area (Å²) in [4.78, 5) is 29.5. The van der Waals surface area contributed by atoms with E-state index in [9.17, 15) is 14.5 Å². The standard InChI is InChI=1S/C14H27O6P/c1-4-5-6-7-8-9-10-11-14(16,13(15)12(2)3)20-21(17,18)19/h16H,2,4-11H2,1,3H3,(H2,17,18,19). The first-order valence-corrected chi connectivity index (χ1v) is 8.84. The highest BCUT2D eigenvalue weighted by Gasteiger charge is 2.42. The number of carbonyl (C=O) groups is 1. The van der Waals surface area contributed by atoms with Crippen molar-refractivity contribution in [3.05, 3.63) is 12.2 Å². The summed E-state index contributed by atoms with van der Waals surface area (Å²) >= 11 is 0. The third-order valence-electron chi connectivity index (χ3n) is 3.13. The van der Waals surface area contributed by atoms with Crippen LogP contribution in [0.1, 0.15) is 65.2 Å². The van der Waals surface area contributed by atoms with Crippen molar-refractivity contribution in [1.82, 2.24) is 0 Å². The lowest BCUT2D eigenvalue weighted by Gasteiger charge is -2.26. The molecule has 0 fully saturated rings. The third kappa shape index (κ3) is 9.17. The molecule has 3 N–H and O–H groups in total. The number of ketones is 1. The topological polar surface area (TPSA) is 104 Å². The minimum Gasteiger partial charge on any atom is -0.359 e. The predicted octanol–water partition coefficient (Wildman–Crippen LogP) is 3.07. The van der Waals surface area contributed by atoms with Crippen molar-refractivity contribution in [2.24, 2.45) is 0 Å². The molecule has 0 radical (unpaired) electrons.